The topological polar surface area (TPSA) is 35.2 Å². The lowest BCUT2D eigenvalue weighted by Crippen LogP contribution is -2.05. The van der Waals surface area contributed by atoms with Crippen LogP contribution in [0.3, 0.4) is 0 Å². The fourth-order valence-corrected chi connectivity index (χ4v) is 1.24. The average Bonchev–Trinajstić information content (AvgIpc) is 2.11. The molecule has 3 heteroatoms. The van der Waals surface area contributed by atoms with Crippen molar-refractivity contribution in [2.75, 3.05) is 13.7 Å². The standard InChI is InChI=1S/C10H14FNO/c1-7-5-10(13-2)8(3-4-12)6-9(7)11/h5-6H,3-4,12H2,1-2H3. The van der Waals surface area contributed by atoms with E-state index < -0.39 is 0 Å². The Morgan fingerprint density at radius 2 is 2.15 bits per heavy atom. The van der Waals surface area contributed by atoms with Crippen molar-refractivity contribution in [3.8, 4) is 5.75 Å². The predicted molar refractivity (Wildman–Crippen MR) is 50.4 cm³/mol. The number of hydrogen-bond acceptors (Lipinski definition) is 2. The van der Waals surface area contributed by atoms with Crippen LogP contribution in [0.5, 0.6) is 5.75 Å². The van der Waals surface area contributed by atoms with Crippen LogP contribution in [0.2, 0.25) is 0 Å². The van der Waals surface area contributed by atoms with Crippen LogP contribution in [0.4, 0.5) is 4.39 Å². The van der Waals surface area contributed by atoms with E-state index in [-0.39, 0.29) is 5.82 Å². The van der Waals surface area contributed by atoms with Gasteiger partial charge in [-0.2, -0.15) is 0 Å². The third kappa shape index (κ3) is 2.18. The number of halogens is 1. The second-order valence-electron chi connectivity index (χ2n) is 2.95. The maximum atomic E-state index is 13.1. The van der Waals surface area contributed by atoms with Crippen LogP contribution in [0.25, 0.3) is 0 Å². The van der Waals surface area contributed by atoms with Gasteiger partial charge in [-0.3, -0.25) is 0 Å². The summed E-state index contributed by atoms with van der Waals surface area (Å²) in [7, 11) is 1.58. The van der Waals surface area contributed by atoms with Gasteiger partial charge in [0.05, 0.1) is 7.11 Å². The molecule has 0 saturated heterocycles. The van der Waals surface area contributed by atoms with Crippen molar-refractivity contribution in [1.29, 1.82) is 0 Å². The molecule has 0 radical (unpaired) electrons. The van der Waals surface area contributed by atoms with Crippen LogP contribution >= 0.6 is 0 Å². The molecule has 0 saturated carbocycles. The second kappa shape index (κ2) is 4.23. The monoisotopic (exact) mass is 183 g/mol. The maximum Gasteiger partial charge on any atom is 0.126 e. The maximum absolute atomic E-state index is 13.1. The lowest BCUT2D eigenvalue weighted by molar-refractivity contribution is 0.408. The van der Waals surface area contributed by atoms with E-state index >= 15 is 0 Å². The number of ether oxygens (including phenoxy) is 1. The van der Waals surface area contributed by atoms with Gasteiger partial charge in [-0.25, -0.2) is 4.39 Å². The summed E-state index contributed by atoms with van der Waals surface area (Å²) < 4.78 is 18.2. The molecule has 0 aromatic heterocycles. The van der Waals surface area contributed by atoms with Crippen LogP contribution in [0, 0.1) is 12.7 Å². The van der Waals surface area contributed by atoms with Crippen LogP contribution in [-0.2, 0) is 6.42 Å². The van der Waals surface area contributed by atoms with Crippen molar-refractivity contribution in [2.45, 2.75) is 13.3 Å². The molecule has 0 spiro atoms. The van der Waals surface area contributed by atoms with Crippen molar-refractivity contribution in [2.24, 2.45) is 5.73 Å². The Balaban J connectivity index is 3.09. The Labute approximate surface area is 77.5 Å². The molecular weight excluding hydrogens is 169 g/mol. The van der Waals surface area contributed by atoms with Gasteiger partial charge in [0.2, 0.25) is 0 Å². The summed E-state index contributed by atoms with van der Waals surface area (Å²) in [4.78, 5) is 0. The van der Waals surface area contributed by atoms with E-state index in [9.17, 15) is 4.39 Å². The van der Waals surface area contributed by atoms with Crippen molar-refractivity contribution in [1.82, 2.24) is 0 Å². The Kier molecular flexibility index (Phi) is 3.25. The minimum absolute atomic E-state index is 0.204. The number of nitrogens with two attached hydrogens (primary N) is 1. The normalized spacial score (nSPS) is 10.2. The molecule has 2 nitrogen and oxygen atoms in total. The highest BCUT2D eigenvalue weighted by Gasteiger charge is 2.06. The summed E-state index contributed by atoms with van der Waals surface area (Å²) in [6, 6.07) is 3.18. The lowest BCUT2D eigenvalue weighted by atomic mass is 10.1. The molecule has 0 unspecified atom stereocenters. The first-order chi connectivity index (χ1) is 6.19. The van der Waals surface area contributed by atoms with Gasteiger partial charge in [0.15, 0.2) is 0 Å². The highest BCUT2D eigenvalue weighted by atomic mass is 19.1. The zero-order valence-corrected chi connectivity index (χ0v) is 7.93. The molecule has 0 heterocycles. The Morgan fingerprint density at radius 1 is 1.46 bits per heavy atom. The number of methoxy groups -OCH3 is 1. The van der Waals surface area contributed by atoms with Crippen LogP contribution in [-0.4, -0.2) is 13.7 Å². The van der Waals surface area contributed by atoms with E-state index in [4.69, 9.17) is 10.5 Å². The summed E-state index contributed by atoms with van der Waals surface area (Å²) in [5, 5.41) is 0. The van der Waals surface area contributed by atoms with Crippen molar-refractivity contribution in [3.63, 3.8) is 0 Å². The number of benzene rings is 1. The van der Waals surface area contributed by atoms with E-state index in [1.165, 1.54) is 6.07 Å². The van der Waals surface area contributed by atoms with E-state index in [2.05, 4.69) is 0 Å². The molecule has 0 amide bonds. The first-order valence-electron chi connectivity index (χ1n) is 4.22. The van der Waals surface area contributed by atoms with E-state index in [1.807, 2.05) is 0 Å². The van der Waals surface area contributed by atoms with Crippen molar-refractivity contribution in [3.05, 3.63) is 29.1 Å². The highest BCUT2D eigenvalue weighted by Crippen LogP contribution is 2.22. The Morgan fingerprint density at radius 3 is 2.69 bits per heavy atom. The first-order valence-corrected chi connectivity index (χ1v) is 4.22. The molecule has 0 aliphatic rings. The van der Waals surface area contributed by atoms with Crippen LogP contribution in [0.1, 0.15) is 11.1 Å². The molecule has 1 aromatic rings. The van der Waals surface area contributed by atoms with Gasteiger partial charge in [0.1, 0.15) is 11.6 Å². The fraction of sp³-hybridized carbons (Fsp3) is 0.400. The SMILES string of the molecule is COc1cc(C)c(F)cc1CCN. The zero-order chi connectivity index (χ0) is 9.84. The predicted octanol–water partition coefficient (Wildman–Crippen LogP) is 1.64. The quantitative estimate of drug-likeness (QED) is 0.773. The molecule has 0 bridgehead atoms. The summed E-state index contributed by atoms with van der Waals surface area (Å²) in [5.41, 5.74) is 6.82. The molecule has 72 valence electrons. The molecule has 2 N–H and O–H groups in total. The molecule has 1 aromatic carbocycles. The highest BCUT2D eigenvalue weighted by molar-refractivity contribution is 5.38. The minimum atomic E-state index is -0.204. The Bertz CT molecular complexity index is 299. The number of aryl methyl sites for hydroxylation is 1. The van der Waals surface area contributed by atoms with Crippen molar-refractivity contribution >= 4 is 0 Å². The summed E-state index contributed by atoms with van der Waals surface area (Å²) >= 11 is 0. The summed E-state index contributed by atoms with van der Waals surface area (Å²) in [5.74, 6) is 0.508. The lowest BCUT2D eigenvalue weighted by Gasteiger charge is -2.08. The molecular formula is C10H14FNO. The molecule has 0 aliphatic heterocycles. The molecule has 0 fully saturated rings. The van der Waals surface area contributed by atoms with Gasteiger partial charge in [0.25, 0.3) is 0 Å². The fourth-order valence-electron chi connectivity index (χ4n) is 1.24. The van der Waals surface area contributed by atoms with Gasteiger partial charge >= 0.3 is 0 Å². The largest absolute Gasteiger partial charge is 0.496 e. The zero-order valence-electron chi connectivity index (χ0n) is 7.93. The Hall–Kier alpha value is -1.09. The van der Waals surface area contributed by atoms with Crippen LogP contribution < -0.4 is 10.5 Å². The van der Waals surface area contributed by atoms with Gasteiger partial charge in [0, 0.05) is 0 Å². The van der Waals surface area contributed by atoms with E-state index in [1.54, 1.807) is 20.1 Å². The first kappa shape index (κ1) is 9.99. The summed E-state index contributed by atoms with van der Waals surface area (Å²) in [6.07, 6.45) is 0.639. The summed E-state index contributed by atoms with van der Waals surface area (Å²) in [6.45, 7) is 2.21. The minimum Gasteiger partial charge on any atom is -0.496 e. The second-order valence-corrected chi connectivity index (χ2v) is 2.95. The molecule has 1 rings (SSSR count). The number of rotatable bonds is 3. The van der Waals surface area contributed by atoms with Crippen molar-refractivity contribution < 1.29 is 9.13 Å². The van der Waals surface area contributed by atoms with E-state index in [0.29, 0.717) is 24.3 Å². The molecule has 0 atom stereocenters. The molecule has 0 aliphatic carbocycles. The molecule has 13 heavy (non-hydrogen) atoms. The van der Waals surface area contributed by atoms with Gasteiger partial charge in [-0.1, -0.05) is 0 Å². The van der Waals surface area contributed by atoms with Crippen LogP contribution in [0.15, 0.2) is 12.1 Å². The third-order valence-corrected chi connectivity index (χ3v) is 1.98. The third-order valence-electron chi connectivity index (χ3n) is 1.98. The average molecular weight is 183 g/mol. The van der Waals surface area contributed by atoms with Gasteiger partial charge in [-0.15, -0.1) is 0 Å². The number of hydrogen-bond donors (Lipinski definition) is 1. The smallest absolute Gasteiger partial charge is 0.126 e. The van der Waals surface area contributed by atoms with Gasteiger partial charge < -0.3 is 10.5 Å². The van der Waals surface area contributed by atoms with Gasteiger partial charge in [-0.05, 0) is 43.1 Å². The van der Waals surface area contributed by atoms with E-state index in [0.717, 1.165) is 5.56 Å².